The SMILES string of the molecule is Cc1nc2ccc(C(=O)N3CCC[C@H]3c3ccnc(-c4ccccc4)n3)cc2[nH]1. The number of likely N-dealkylation sites (tertiary alicyclic amines) is 1. The van der Waals surface area contributed by atoms with Gasteiger partial charge in [-0.05, 0) is 44.0 Å². The molecule has 1 N–H and O–H groups in total. The lowest BCUT2D eigenvalue weighted by Crippen LogP contribution is -2.31. The normalized spacial score (nSPS) is 16.4. The van der Waals surface area contributed by atoms with Gasteiger partial charge in [0.1, 0.15) is 5.82 Å². The van der Waals surface area contributed by atoms with Crippen LogP contribution >= 0.6 is 0 Å². The minimum Gasteiger partial charge on any atom is -0.342 e. The number of benzene rings is 2. The minimum absolute atomic E-state index is 0.0292. The molecule has 0 spiro atoms. The van der Waals surface area contributed by atoms with Gasteiger partial charge in [-0.2, -0.15) is 0 Å². The van der Waals surface area contributed by atoms with Crippen LogP contribution in [0.1, 0.15) is 40.8 Å². The lowest BCUT2D eigenvalue weighted by molar-refractivity contribution is 0.0733. The standard InChI is InChI=1S/C23H21N5O/c1-15-25-18-10-9-17(14-20(18)26-15)23(29)28-13-5-8-21(28)19-11-12-24-22(27-19)16-6-3-2-4-7-16/h2-4,6-7,9-12,14,21H,5,8,13H2,1H3,(H,25,26)/t21-/m0/s1. The maximum Gasteiger partial charge on any atom is 0.254 e. The zero-order valence-electron chi connectivity index (χ0n) is 16.2. The molecule has 1 amide bonds. The van der Waals surface area contributed by atoms with Crippen LogP contribution in [-0.4, -0.2) is 37.3 Å². The second-order valence-corrected chi connectivity index (χ2v) is 7.38. The Kier molecular flexibility index (Phi) is 4.31. The Labute approximate surface area is 168 Å². The molecule has 3 heterocycles. The van der Waals surface area contributed by atoms with Gasteiger partial charge in [0.2, 0.25) is 0 Å². The summed E-state index contributed by atoms with van der Waals surface area (Å²) in [5.41, 5.74) is 4.30. The lowest BCUT2D eigenvalue weighted by Gasteiger charge is -2.24. The molecule has 2 aromatic heterocycles. The third-order valence-corrected chi connectivity index (χ3v) is 5.41. The monoisotopic (exact) mass is 383 g/mol. The number of H-pyrrole nitrogens is 1. The van der Waals surface area contributed by atoms with Crippen molar-refractivity contribution >= 4 is 16.9 Å². The Balaban J connectivity index is 1.46. The number of carbonyl (C=O) groups is 1. The van der Waals surface area contributed by atoms with Crippen LogP contribution in [-0.2, 0) is 0 Å². The maximum atomic E-state index is 13.3. The molecule has 0 aliphatic carbocycles. The van der Waals surface area contributed by atoms with Crippen molar-refractivity contribution < 1.29 is 4.79 Å². The van der Waals surface area contributed by atoms with Gasteiger partial charge in [-0.15, -0.1) is 0 Å². The van der Waals surface area contributed by atoms with E-state index in [2.05, 4.69) is 15.0 Å². The molecule has 2 aromatic carbocycles. The van der Waals surface area contributed by atoms with E-state index in [0.717, 1.165) is 47.5 Å². The Morgan fingerprint density at radius 1 is 1.10 bits per heavy atom. The number of hydrogen-bond acceptors (Lipinski definition) is 4. The van der Waals surface area contributed by atoms with Crippen molar-refractivity contribution in [1.82, 2.24) is 24.8 Å². The Hall–Kier alpha value is -3.54. The highest BCUT2D eigenvalue weighted by Crippen LogP contribution is 2.33. The highest BCUT2D eigenvalue weighted by molar-refractivity contribution is 5.97. The number of aromatic nitrogens is 4. The van der Waals surface area contributed by atoms with Crippen LogP contribution < -0.4 is 0 Å². The number of imidazole rings is 1. The Bertz CT molecular complexity index is 1180. The van der Waals surface area contributed by atoms with Gasteiger partial charge in [0.15, 0.2) is 5.82 Å². The summed E-state index contributed by atoms with van der Waals surface area (Å²) in [6.07, 6.45) is 3.65. The summed E-state index contributed by atoms with van der Waals surface area (Å²) in [4.78, 5) is 32.0. The van der Waals surface area contributed by atoms with Gasteiger partial charge in [0.25, 0.3) is 5.91 Å². The largest absolute Gasteiger partial charge is 0.342 e. The van der Waals surface area contributed by atoms with Crippen LogP contribution in [0.5, 0.6) is 0 Å². The van der Waals surface area contributed by atoms with E-state index in [1.807, 2.05) is 66.4 Å². The van der Waals surface area contributed by atoms with Gasteiger partial charge in [-0.1, -0.05) is 30.3 Å². The molecule has 0 radical (unpaired) electrons. The summed E-state index contributed by atoms with van der Waals surface area (Å²) in [7, 11) is 0. The summed E-state index contributed by atoms with van der Waals surface area (Å²) >= 11 is 0. The second kappa shape index (κ2) is 7.13. The van der Waals surface area contributed by atoms with Crippen molar-refractivity contribution in [3.05, 3.63) is 77.9 Å². The van der Waals surface area contributed by atoms with Crippen molar-refractivity contribution in [2.75, 3.05) is 6.54 Å². The van der Waals surface area contributed by atoms with Crippen molar-refractivity contribution in [3.63, 3.8) is 0 Å². The van der Waals surface area contributed by atoms with Crippen LogP contribution in [0.2, 0.25) is 0 Å². The molecule has 1 aliphatic heterocycles. The molecule has 1 fully saturated rings. The van der Waals surface area contributed by atoms with Crippen LogP contribution in [0.4, 0.5) is 0 Å². The molecule has 0 bridgehead atoms. The number of aryl methyl sites for hydroxylation is 1. The molecule has 6 nitrogen and oxygen atoms in total. The van der Waals surface area contributed by atoms with E-state index in [0.29, 0.717) is 11.4 Å². The fourth-order valence-electron chi connectivity index (χ4n) is 4.04. The van der Waals surface area contributed by atoms with Crippen molar-refractivity contribution in [2.24, 2.45) is 0 Å². The summed E-state index contributed by atoms with van der Waals surface area (Å²) in [6.45, 7) is 2.64. The van der Waals surface area contributed by atoms with E-state index in [-0.39, 0.29) is 11.9 Å². The average Bonchev–Trinajstić information content (AvgIpc) is 3.39. The zero-order valence-corrected chi connectivity index (χ0v) is 16.2. The Morgan fingerprint density at radius 2 is 1.97 bits per heavy atom. The van der Waals surface area contributed by atoms with E-state index in [4.69, 9.17) is 4.98 Å². The first-order chi connectivity index (χ1) is 14.2. The smallest absolute Gasteiger partial charge is 0.254 e. The number of fused-ring (bicyclic) bond motifs is 1. The third kappa shape index (κ3) is 3.27. The first-order valence-corrected chi connectivity index (χ1v) is 9.85. The van der Waals surface area contributed by atoms with Gasteiger partial charge >= 0.3 is 0 Å². The highest BCUT2D eigenvalue weighted by atomic mass is 16.2. The number of carbonyl (C=O) groups excluding carboxylic acids is 1. The summed E-state index contributed by atoms with van der Waals surface area (Å²) < 4.78 is 0. The predicted octanol–water partition coefficient (Wildman–Crippen LogP) is 4.31. The predicted molar refractivity (Wildman–Crippen MR) is 111 cm³/mol. The molecular weight excluding hydrogens is 362 g/mol. The van der Waals surface area contributed by atoms with Gasteiger partial charge in [0.05, 0.1) is 22.8 Å². The molecule has 29 heavy (non-hydrogen) atoms. The van der Waals surface area contributed by atoms with Crippen molar-refractivity contribution in [1.29, 1.82) is 0 Å². The number of nitrogens with zero attached hydrogens (tertiary/aromatic N) is 4. The van der Waals surface area contributed by atoms with Gasteiger partial charge in [-0.25, -0.2) is 15.0 Å². The molecule has 4 aromatic rings. The number of hydrogen-bond donors (Lipinski definition) is 1. The van der Waals surface area contributed by atoms with Gasteiger partial charge in [-0.3, -0.25) is 4.79 Å². The van der Waals surface area contributed by atoms with Crippen molar-refractivity contribution in [2.45, 2.75) is 25.8 Å². The summed E-state index contributed by atoms with van der Waals surface area (Å²) in [5.74, 6) is 1.57. The first-order valence-electron chi connectivity index (χ1n) is 9.85. The number of amides is 1. The molecule has 0 unspecified atom stereocenters. The number of aromatic amines is 1. The lowest BCUT2D eigenvalue weighted by atomic mass is 10.1. The molecule has 6 heteroatoms. The average molecular weight is 383 g/mol. The fourth-order valence-corrected chi connectivity index (χ4v) is 4.04. The van der Waals surface area contributed by atoms with Crippen molar-refractivity contribution in [3.8, 4) is 11.4 Å². The second-order valence-electron chi connectivity index (χ2n) is 7.38. The van der Waals surface area contributed by atoms with E-state index in [1.165, 1.54) is 0 Å². The molecule has 1 atom stereocenters. The van der Waals surface area contributed by atoms with E-state index < -0.39 is 0 Å². The molecule has 5 rings (SSSR count). The quantitative estimate of drug-likeness (QED) is 0.572. The van der Waals surface area contributed by atoms with Crippen LogP contribution in [0.3, 0.4) is 0 Å². The first kappa shape index (κ1) is 17.6. The van der Waals surface area contributed by atoms with Gasteiger partial charge < -0.3 is 9.88 Å². The summed E-state index contributed by atoms with van der Waals surface area (Å²) in [5, 5.41) is 0. The molecule has 1 aliphatic rings. The number of nitrogens with one attached hydrogen (secondary N) is 1. The van der Waals surface area contributed by atoms with Gasteiger partial charge in [0, 0.05) is 23.9 Å². The Morgan fingerprint density at radius 3 is 2.83 bits per heavy atom. The van der Waals surface area contributed by atoms with Crippen LogP contribution in [0, 0.1) is 6.92 Å². The minimum atomic E-state index is -0.0350. The molecule has 1 saturated heterocycles. The molecule has 0 saturated carbocycles. The fraction of sp³-hybridized carbons (Fsp3) is 0.217. The topological polar surface area (TPSA) is 74.8 Å². The third-order valence-electron chi connectivity index (χ3n) is 5.41. The highest BCUT2D eigenvalue weighted by Gasteiger charge is 2.32. The van der Waals surface area contributed by atoms with Crippen LogP contribution in [0.15, 0.2) is 60.8 Å². The van der Waals surface area contributed by atoms with Crippen LogP contribution in [0.25, 0.3) is 22.4 Å². The van der Waals surface area contributed by atoms with E-state index in [1.54, 1.807) is 6.20 Å². The van der Waals surface area contributed by atoms with E-state index >= 15 is 0 Å². The summed E-state index contributed by atoms with van der Waals surface area (Å²) in [6, 6.07) is 17.5. The zero-order chi connectivity index (χ0) is 19.8. The number of rotatable bonds is 3. The molecular formula is C23H21N5O. The molecule has 144 valence electrons. The maximum absolute atomic E-state index is 13.3. The van der Waals surface area contributed by atoms with E-state index in [9.17, 15) is 4.79 Å².